The summed E-state index contributed by atoms with van der Waals surface area (Å²) in [5.41, 5.74) is 0. The Hall–Kier alpha value is -1.95. The average molecular weight is 282 g/mol. The van der Waals surface area contributed by atoms with Gasteiger partial charge in [-0.2, -0.15) is 0 Å². The molecule has 1 rings (SSSR count). The lowest BCUT2D eigenvalue weighted by Crippen LogP contribution is -2.23. The van der Waals surface area contributed by atoms with Crippen molar-refractivity contribution in [2.24, 2.45) is 0 Å². The third-order valence-electron chi connectivity index (χ3n) is 2.72. The first-order valence-electron chi connectivity index (χ1n) is 6.38. The van der Waals surface area contributed by atoms with Gasteiger partial charge in [0.2, 0.25) is 0 Å². The van der Waals surface area contributed by atoms with Crippen LogP contribution in [0.25, 0.3) is 0 Å². The third kappa shape index (κ3) is 5.79. The Labute approximate surface area is 117 Å². The first-order chi connectivity index (χ1) is 9.38. The van der Waals surface area contributed by atoms with Crippen LogP contribution in [0.1, 0.15) is 26.7 Å². The molecular weight excluding hydrogens is 264 g/mol. The second-order valence-electron chi connectivity index (χ2n) is 4.57. The van der Waals surface area contributed by atoms with Gasteiger partial charge in [0.25, 0.3) is 0 Å². The van der Waals surface area contributed by atoms with Crippen molar-refractivity contribution in [3.05, 3.63) is 24.3 Å². The Kier molecular flexibility index (Phi) is 6.11. The zero-order valence-electron chi connectivity index (χ0n) is 11.4. The summed E-state index contributed by atoms with van der Waals surface area (Å²) in [6.07, 6.45) is 2.94. The number of hydrogen-bond donors (Lipinski definition) is 1. The first-order valence-corrected chi connectivity index (χ1v) is 6.38. The number of ether oxygens (including phenoxy) is 2. The van der Waals surface area contributed by atoms with Crippen molar-refractivity contribution in [2.75, 3.05) is 0 Å². The lowest BCUT2D eigenvalue weighted by Gasteiger charge is -2.14. The molecule has 0 unspecified atom stereocenters. The molecule has 6 heteroatoms. The molecular formula is C14H18O6. The molecule has 0 amide bonds. The van der Waals surface area contributed by atoms with Gasteiger partial charge in [-0.25, -0.2) is 9.59 Å². The maximum Gasteiger partial charge on any atom is 0.331 e. The van der Waals surface area contributed by atoms with Crippen LogP contribution >= 0.6 is 0 Å². The van der Waals surface area contributed by atoms with Gasteiger partial charge in [0.05, 0.1) is 12.2 Å². The molecule has 1 heterocycles. The van der Waals surface area contributed by atoms with Gasteiger partial charge in [-0.05, 0) is 38.8 Å². The highest BCUT2D eigenvalue weighted by Gasteiger charge is 2.16. The van der Waals surface area contributed by atoms with Gasteiger partial charge in [-0.3, -0.25) is 4.79 Å². The normalized spacial score (nSPS) is 29.6. The van der Waals surface area contributed by atoms with Crippen LogP contribution < -0.4 is 0 Å². The molecule has 3 atom stereocenters. The molecule has 0 radical (unpaired) electrons. The van der Waals surface area contributed by atoms with Crippen LogP contribution in [0.3, 0.4) is 0 Å². The fourth-order valence-electron chi connectivity index (χ4n) is 1.55. The molecule has 0 aliphatic carbocycles. The molecule has 0 saturated heterocycles. The maximum absolute atomic E-state index is 11.6. The summed E-state index contributed by atoms with van der Waals surface area (Å²) in [7, 11) is 0. The molecule has 1 aliphatic heterocycles. The van der Waals surface area contributed by atoms with Crippen LogP contribution in [-0.2, 0) is 23.9 Å². The summed E-state index contributed by atoms with van der Waals surface area (Å²) >= 11 is 0. The summed E-state index contributed by atoms with van der Waals surface area (Å²) in [4.78, 5) is 34.4. The number of rotatable bonds is 0. The summed E-state index contributed by atoms with van der Waals surface area (Å²) < 4.78 is 9.85. The summed E-state index contributed by atoms with van der Waals surface area (Å²) in [5.74, 6) is -1.88. The molecule has 6 nitrogen and oxygen atoms in total. The second-order valence-corrected chi connectivity index (χ2v) is 4.57. The van der Waals surface area contributed by atoms with E-state index in [0.717, 1.165) is 18.2 Å². The Bertz CT molecular complexity index is 437. The van der Waals surface area contributed by atoms with Crippen LogP contribution in [0.4, 0.5) is 0 Å². The van der Waals surface area contributed by atoms with E-state index in [4.69, 9.17) is 9.47 Å². The van der Waals surface area contributed by atoms with Crippen molar-refractivity contribution in [2.45, 2.75) is 45.0 Å². The van der Waals surface area contributed by atoms with E-state index in [2.05, 4.69) is 0 Å². The number of carbonyl (C=O) groups excluding carboxylic acids is 3. The predicted molar refractivity (Wildman–Crippen MR) is 69.6 cm³/mol. The SMILES string of the molecule is C[C@@H]1OC(=O)C=C[C@@H](O)CC[C@H](C)OC(=O)C=CC1=O. The standard InChI is InChI=1S/C14H18O6/c1-9-3-4-11(15)5-7-14(18)20-10(2)12(16)6-8-13(17)19-9/h5-11,15H,3-4H2,1-2H3/t9-,10-,11-/m0/s1. The summed E-state index contributed by atoms with van der Waals surface area (Å²) in [6, 6.07) is 0. The van der Waals surface area contributed by atoms with Crippen LogP contribution in [0.15, 0.2) is 24.3 Å². The Balaban J connectivity index is 2.82. The van der Waals surface area contributed by atoms with E-state index in [-0.39, 0.29) is 0 Å². The zero-order valence-corrected chi connectivity index (χ0v) is 11.4. The monoisotopic (exact) mass is 282 g/mol. The molecule has 1 aliphatic rings. The topological polar surface area (TPSA) is 89.9 Å². The van der Waals surface area contributed by atoms with E-state index in [0.29, 0.717) is 12.8 Å². The van der Waals surface area contributed by atoms with Crippen LogP contribution in [0.2, 0.25) is 0 Å². The Morgan fingerprint density at radius 3 is 2.35 bits per heavy atom. The number of carbonyl (C=O) groups is 3. The number of ketones is 1. The minimum Gasteiger partial charge on any atom is -0.460 e. The number of aliphatic hydroxyl groups excluding tert-OH is 1. The first kappa shape index (κ1) is 16.1. The minimum atomic E-state index is -1.01. The smallest absolute Gasteiger partial charge is 0.331 e. The zero-order chi connectivity index (χ0) is 15.1. The Morgan fingerprint density at radius 2 is 1.65 bits per heavy atom. The molecule has 0 saturated carbocycles. The van der Waals surface area contributed by atoms with Crippen LogP contribution in [0, 0.1) is 0 Å². The maximum atomic E-state index is 11.6. The van der Waals surface area contributed by atoms with Gasteiger partial charge >= 0.3 is 11.9 Å². The van der Waals surface area contributed by atoms with E-state index in [1.807, 2.05) is 0 Å². The number of cyclic esters (lactones) is 2. The molecule has 20 heavy (non-hydrogen) atoms. The van der Waals surface area contributed by atoms with E-state index in [1.165, 1.54) is 13.0 Å². The number of hydrogen-bond acceptors (Lipinski definition) is 6. The minimum absolute atomic E-state index is 0.344. The van der Waals surface area contributed by atoms with Crippen LogP contribution in [0.5, 0.6) is 0 Å². The molecule has 1 N–H and O–H groups in total. The highest BCUT2D eigenvalue weighted by molar-refractivity contribution is 5.99. The highest BCUT2D eigenvalue weighted by atomic mass is 16.5. The Morgan fingerprint density at radius 1 is 1.00 bits per heavy atom. The van der Waals surface area contributed by atoms with Crippen molar-refractivity contribution < 1.29 is 29.0 Å². The summed E-state index contributed by atoms with van der Waals surface area (Å²) in [6.45, 7) is 3.08. The van der Waals surface area contributed by atoms with Crippen molar-refractivity contribution >= 4 is 17.7 Å². The van der Waals surface area contributed by atoms with Crippen molar-refractivity contribution in [3.63, 3.8) is 0 Å². The quantitative estimate of drug-likeness (QED) is 0.657. The fraction of sp³-hybridized carbons (Fsp3) is 0.500. The van der Waals surface area contributed by atoms with Gasteiger partial charge in [0, 0.05) is 12.2 Å². The van der Waals surface area contributed by atoms with Crippen LogP contribution in [-0.4, -0.2) is 41.1 Å². The molecule has 0 bridgehead atoms. The highest BCUT2D eigenvalue weighted by Crippen LogP contribution is 2.08. The lowest BCUT2D eigenvalue weighted by molar-refractivity contribution is -0.147. The fourth-order valence-corrected chi connectivity index (χ4v) is 1.55. The van der Waals surface area contributed by atoms with E-state index in [1.54, 1.807) is 6.92 Å². The van der Waals surface area contributed by atoms with E-state index < -0.39 is 36.0 Å². The molecule has 0 fully saturated rings. The van der Waals surface area contributed by atoms with Gasteiger partial charge in [0.15, 0.2) is 11.9 Å². The van der Waals surface area contributed by atoms with Gasteiger partial charge < -0.3 is 14.6 Å². The van der Waals surface area contributed by atoms with Crippen molar-refractivity contribution in [3.8, 4) is 0 Å². The van der Waals surface area contributed by atoms with E-state index in [9.17, 15) is 19.5 Å². The number of esters is 2. The molecule has 110 valence electrons. The van der Waals surface area contributed by atoms with Crippen molar-refractivity contribution in [1.29, 1.82) is 0 Å². The number of aliphatic hydroxyl groups is 1. The van der Waals surface area contributed by atoms with E-state index >= 15 is 0 Å². The van der Waals surface area contributed by atoms with Gasteiger partial charge in [-0.15, -0.1) is 0 Å². The second kappa shape index (κ2) is 7.59. The van der Waals surface area contributed by atoms with Crippen molar-refractivity contribution in [1.82, 2.24) is 0 Å². The lowest BCUT2D eigenvalue weighted by atomic mass is 10.1. The van der Waals surface area contributed by atoms with Gasteiger partial charge in [-0.1, -0.05) is 0 Å². The summed E-state index contributed by atoms with van der Waals surface area (Å²) in [5, 5.41) is 9.62. The largest absolute Gasteiger partial charge is 0.460 e. The van der Waals surface area contributed by atoms with Gasteiger partial charge in [0.1, 0.15) is 0 Å². The molecule has 0 aromatic carbocycles. The average Bonchev–Trinajstić information content (AvgIpc) is 2.39. The molecule has 0 aromatic rings. The third-order valence-corrected chi connectivity index (χ3v) is 2.72. The predicted octanol–water partition coefficient (Wildman–Crippen LogP) is 0.686. The molecule has 0 aromatic heterocycles. The molecule has 0 spiro atoms.